The summed E-state index contributed by atoms with van der Waals surface area (Å²) in [7, 11) is 0. The van der Waals surface area contributed by atoms with Gasteiger partial charge in [-0.1, -0.05) is 62.3 Å². The molecule has 0 unspecified atom stereocenters. The van der Waals surface area contributed by atoms with E-state index in [0.717, 1.165) is 19.3 Å². The summed E-state index contributed by atoms with van der Waals surface area (Å²) >= 11 is 0. The Hall–Kier alpha value is -0.790. The molecule has 116 valence electrons. The highest BCUT2D eigenvalue weighted by molar-refractivity contribution is 5.30. The van der Waals surface area contributed by atoms with E-state index in [1.807, 2.05) is 0 Å². The molecule has 0 radical (unpaired) electrons. The second-order valence-corrected chi connectivity index (χ2v) is 8.06. The molecule has 0 aliphatic rings. The van der Waals surface area contributed by atoms with E-state index in [-0.39, 0.29) is 16.2 Å². The Morgan fingerprint density at radius 3 is 1.70 bits per heavy atom. The van der Waals surface area contributed by atoms with Crippen molar-refractivity contribution in [2.75, 3.05) is 0 Å². The highest BCUT2D eigenvalue weighted by atomic mass is 15.0. The fourth-order valence-electron chi connectivity index (χ4n) is 2.44. The summed E-state index contributed by atoms with van der Waals surface area (Å²) in [6, 6.07) is 0. The molecule has 2 nitrogen and oxygen atoms in total. The predicted molar refractivity (Wildman–Crippen MR) is 88.5 cm³/mol. The molecule has 0 bridgehead atoms. The first-order valence-corrected chi connectivity index (χ1v) is 8.13. The quantitative estimate of drug-likeness (QED) is 0.760. The first kappa shape index (κ1) is 17.3. The molecule has 20 heavy (non-hydrogen) atoms. The Kier molecular flexibility index (Phi) is 4.78. The lowest BCUT2D eigenvalue weighted by molar-refractivity contribution is 0.411. The van der Waals surface area contributed by atoms with E-state index >= 15 is 0 Å². The largest absolute Gasteiger partial charge is 0.345 e. The number of rotatable bonds is 5. The number of H-pyrrole nitrogens is 1. The van der Waals surface area contributed by atoms with E-state index in [1.54, 1.807) is 0 Å². The Labute approximate surface area is 125 Å². The Bertz CT molecular complexity index is 442. The average Bonchev–Trinajstić information content (AvgIpc) is 2.84. The molecule has 0 spiro atoms. The van der Waals surface area contributed by atoms with Crippen molar-refractivity contribution in [2.24, 2.45) is 0 Å². The summed E-state index contributed by atoms with van der Waals surface area (Å²) in [6.07, 6.45) is 3.34. The van der Waals surface area contributed by atoms with Crippen molar-refractivity contribution < 1.29 is 0 Å². The zero-order valence-electron chi connectivity index (χ0n) is 15.1. The summed E-state index contributed by atoms with van der Waals surface area (Å²) in [5.41, 5.74) is 2.96. The van der Waals surface area contributed by atoms with Crippen molar-refractivity contribution in [3.05, 3.63) is 17.2 Å². The van der Waals surface area contributed by atoms with E-state index in [9.17, 15) is 0 Å². The van der Waals surface area contributed by atoms with E-state index in [2.05, 4.69) is 67.3 Å². The molecule has 0 aromatic carbocycles. The van der Waals surface area contributed by atoms with Gasteiger partial charge >= 0.3 is 0 Å². The third-order valence-electron chi connectivity index (χ3n) is 5.11. The minimum absolute atomic E-state index is 0.107. The SMILES string of the molecule is CCC(C)(C)c1nc(C(C)(CC)CC)[nH]c1C(C)(C)C. The fourth-order valence-corrected chi connectivity index (χ4v) is 2.44. The molecule has 1 aromatic rings. The maximum atomic E-state index is 5.08. The second kappa shape index (κ2) is 5.54. The van der Waals surface area contributed by atoms with Gasteiger partial charge in [-0.2, -0.15) is 0 Å². The smallest absolute Gasteiger partial charge is 0.112 e. The van der Waals surface area contributed by atoms with Crippen LogP contribution in [0.1, 0.15) is 98.8 Å². The van der Waals surface area contributed by atoms with Gasteiger partial charge in [-0.25, -0.2) is 4.98 Å². The zero-order chi connectivity index (χ0) is 15.8. The van der Waals surface area contributed by atoms with Crippen LogP contribution in [0.25, 0.3) is 0 Å². The molecule has 1 N–H and O–H groups in total. The molecule has 0 amide bonds. The standard InChI is InChI=1S/C18H34N2/c1-10-17(7,8)14-13(16(4,5)6)19-15(20-14)18(9,11-2)12-3/h10-12H2,1-9H3,(H,19,20). The van der Waals surface area contributed by atoms with Crippen LogP contribution >= 0.6 is 0 Å². The van der Waals surface area contributed by atoms with Crippen LogP contribution in [0.15, 0.2) is 0 Å². The van der Waals surface area contributed by atoms with Crippen molar-refractivity contribution >= 4 is 0 Å². The summed E-state index contributed by atoms with van der Waals surface area (Å²) in [5, 5.41) is 0. The lowest BCUT2D eigenvalue weighted by atomic mass is 9.79. The summed E-state index contributed by atoms with van der Waals surface area (Å²) in [4.78, 5) is 8.77. The normalized spacial score (nSPS) is 13.8. The van der Waals surface area contributed by atoms with Crippen molar-refractivity contribution in [1.82, 2.24) is 9.97 Å². The van der Waals surface area contributed by atoms with Gasteiger partial charge in [0.05, 0.1) is 5.69 Å². The summed E-state index contributed by atoms with van der Waals surface area (Å²) in [6.45, 7) is 20.5. The number of nitrogens with zero attached hydrogens (tertiary/aromatic N) is 1. The summed E-state index contributed by atoms with van der Waals surface area (Å²) < 4.78 is 0. The third-order valence-corrected chi connectivity index (χ3v) is 5.11. The molecule has 2 heteroatoms. The number of aromatic amines is 1. The van der Waals surface area contributed by atoms with Crippen molar-refractivity contribution in [2.45, 2.75) is 97.8 Å². The fraction of sp³-hybridized carbons (Fsp3) is 0.833. The Morgan fingerprint density at radius 2 is 1.35 bits per heavy atom. The molecule has 0 saturated heterocycles. The molecule has 0 aliphatic carbocycles. The van der Waals surface area contributed by atoms with E-state index < -0.39 is 0 Å². The number of aromatic nitrogens is 2. The number of hydrogen-bond acceptors (Lipinski definition) is 1. The Morgan fingerprint density at radius 1 is 0.850 bits per heavy atom. The number of imidazole rings is 1. The minimum Gasteiger partial charge on any atom is -0.345 e. The van der Waals surface area contributed by atoms with E-state index in [0.29, 0.717) is 0 Å². The van der Waals surface area contributed by atoms with E-state index in [1.165, 1.54) is 17.2 Å². The topological polar surface area (TPSA) is 28.7 Å². The van der Waals surface area contributed by atoms with Crippen LogP contribution in [0, 0.1) is 0 Å². The van der Waals surface area contributed by atoms with Crippen LogP contribution in [0.2, 0.25) is 0 Å². The van der Waals surface area contributed by atoms with Gasteiger partial charge in [0.2, 0.25) is 0 Å². The molecule has 0 saturated carbocycles. The van der Waals surface area contributed by atoms with Gasteiger partial charge in [-0.15, -0.1) is 0 Å². The monoisotopic (exact) mass is 278 g/mol. The molecule has 1 rings (SSSR count). The van der Waals surface area contributed by atoms with Gasteiger partial charge in [-0.3, -0.25) is 0 Å². The third kappa shape index (κ3) is 3.10. The number of nitrogens with one attached hydrogen (secondary N) is 1. The van der Waals surface area contributed by atoms with Gasteiger partial charge in [0.15, 0.2) is 0 Å². The van der Waals surface area contributed by atoms with Gasteiger partial charge in [-0.05, 0) is 19.3 Å². The van der Waals surface area contributed by atoms with Crippen molar-refractivity contribution in [3.63, 3.8) is 0 Å². The molecule has 0 aliphatic heterocycles. The van der Waals surface area contributed by atoms with Gasteiger partial charge in [0.25, 0.3) is 0 Å². The second-order valence-electron chi connectivity index (χ2n) is 8.06. The van der Waals surface area contributed by atoms with Crippen LogP contribution in [-0.2, 0) is 16.2 Å². The van der Waals surface area contributed by atoms with E-state index in [4.69, 9.17) is 4.98 Å². The molecule has 0 fully saturated rings. The first-order chi connectivity index (χ1) is 9.01. The van der Waals surface area contributed by atoms with Gasteiger partial charge in [0, 0.05) is 21.9 Å². The van der Waals surface area contributed by atoms with Crippen LogP contribution in [0.3, 0.4) is 0 Å². The first-order valence-electron chi connectivity index (χ1n) is 8.13. The van der Waals surface area contributed by atoms with Crippen LogP contribution in [0.4, 0.5) is 0 Å². The van der Waals surface area contributed by atoms with Crippen LogP contribution in [0.5, 0.6) is 0 Å². The summed E-state index contributed by atoms with van der Waals surface area (Å²) in [5.74, 6) is 1.17. The lowest BCUT2D eigenvalue weighted by Crippen LogP contribution is -2.24. The molecule has 1 heterocycles. The zero-order valence-corrected chi connectivity index (χ0v) is 15.1. The van der Waals surface area contributed by atoms with Gasteiger partial charge < -0.3 is 4.98 Å². The van der Waals surface area contributed by atoms with Gasteiger partial charge in [0.1, 0.15) is 5.82 Å². The molecule has 1 aromatic heterocycles. The Balaban J connectivity index is 3.49. The molecular formula is C18H34N2. The molecule has 0 atom stereocenters. The van der Waals surface area contributed by atoms with Crippen LogP contribution < -0.4 is 0 Å². The maximum Gasteiger partial charge on any atom is 0.112 e. The highest BCUT2D eigenvalue weighted by Gasteiger charge is 2.35. The van der Waals surface area contributed by atoms with Crippen molar-refractivity contribution in [1.29, 1.82) is 0 Å². The average molecular weight is 278 g/mol. The number of hydrogen-bond donors (Lipinski definition) is 1. The van der Waals surface area contributed by atoms with Crippen LogP contribution in [-0.4, -0.2) is 9.97 Å². The predicted octanol–water partition coefficient (Wildman–Crippen LogP) is 5.47. The van der Waals surface area contributed by atoms with Crippen molar-refractivity contribution in [3.8, 4) is 0 Å². The lowest BCUT2D eigenvalue weighted by Gasteiger charge is -2.27. The maximum absolute atomic E-state index is 5.08. The minimum atomic E-state index is 0.107. The highest BCUT2D eigenvalue weighted by Crippen LogP contribution is 2.38. The molecular weight excluding hydrogens is 244 g/mol.